The van der Waals surface area contributed by atoms with Crippen molar-refractivity contribution in [3.8, 4) is 6.07 Å². The molecule has 0 N–H and O–H groups in total. The molecule has 0 saturated carbocycles. The molecule has 0 fully saturated rings. The number of nitriles is 1. The van der Waals surface area contributed by atoms with Crippen LogP contribution in [-0.4, -0.2) is 4.98 Å². The summed E-state index contributed by atoms with van der Waals surface area (Å²) in [5, 5.41) is 11.0. The third-order valence-corrected chi connectivity index (χ3v) is 4.23. The van der Waals surface area contributed by atoms with Gasteiger partial charge in [-0.15, -0.1) is 0 Å². The van der Waals surface area contributed by atoms with E-state index in [1.807, 2.05) is 48.5 Å². The first kappa shape index (κ1) is 13.0. The van der Waals surface area contributed by atoms with Crippen molar-refractivity contribution in [1.29, 1.82) is 5.26 Å². The molecule has 0 saturated heterocycles. The van der Waals surface area contributed by atoms with Crippen LogP contribution in [0.2, 0.25) is 5.02 Å². The molecule has 20 heavy (non-hydrogen) atoms. The van der Waals surface area contributed by atoms with Crippen molar-refractivity contribution in [3.05, 3.63) is 65.3 Å². The third kappa shape index (κ3) is 2.49. The molecule has 0 unspecified atom stereocenters. The summed E-state index contributed by atoms with van der Waals surface area (Å²) in [6.45, 7) is 0. The molecule has 3 aromatic rings. The zero-order valence-electron chi connectivity index (χ0n) is 10.4. The van der Waals surface area contributed by atoms with Crippen LogP contribution in [-0.2, 0) is 0 Å². The van der Waals surface area contributed by atoms with Gasteiger partial charge in [0, 0.05) is 26.4 Å². The predicted molar refractivity (Wildman–Crippen MR) is 82.0 cm³/mol. The predicted octanol–water partition coefficient (Wildman–Crippen LogP) is 4.91. The van der Waals surface area contributed by atoms with E-state index in [-0.39, 0.29) is 0 Å². The Morgan fingerprint density at radius 2 is 1.95 bits per heavy atom. The van der Waals surface area contributed by atoms with Crippen molar-refractivity contribution in [2.45, 2.75) is 9.79 Å². The Labute approximate surface area is 126 Å². The van der Waals surface area contributed by atoms with Crippen LogP contribution >= 0.6 is 23.4 Å². The van der Waals surface area contributed by atoms with Crippen molar-refractivity contribution in [3.63, 3.8) is 0 Å². The summed E-state index contributed by atoms with van der Waals surface area (Å²) in [5.74, 6) is 0. The monoisotopic (exact) mass is 296 g/mol. The molecule has 96 valence electrons. The number of nitrogens with zero attached hydrogens (tertiary/aromatic N) is 2. The van der Waals surface area contributed by atoms with E-state index in [1.165, 1.54) is 11.8 Å². The minimum Gasteiger partial charge on any atom is -0.255 e. The molecule has 0 amide bonds. The molecule has 0 bridgehead atoms. The van der Waals surface area contributed by atoms with Gasteiger partial charge < -0.3 is 0 Å². The second-order valence-electron chi connectivity index (χ2n) is 4.19. The lowest BCUT2D eigenvalue weighted by Crippen LogP contribution is -1.88. The largest absolute Gasteiger partial charge is 0.255 e. The van der Waals surface area contributed by atoms with E-state index in [1.54, 1.807) is 6.20 Å². The van der Waals surface area contributed by atoms with Crippen LogP contribution in [0.4, 0.5) is 0 Å². The highest BCUT2D eigenvalue weighted by molar-refractivity contribution is 7.99. The summed E-state index contributed by atoms with van der Waals surface area (Å²) in [4.78, 5) is 6.23. The van der Waals surface area contributed by atoms with Crippen LogP contribution in [0.5, 0.6) is 0 Å². The molecule has 0 spiro atoms. The highest BCUT2D eigenvalue weighted by Crippen LogP contribution is 2.36. The van der Waals surface area contributed by atoms with Crippen molar-refractivity contribution in [1.82, 2.24) is 4.98 Å². The van der Waals surface area contributed by atoms with Crippen molar-refractivity contribution >= 4 is 34.3 Å². The van der Waals surface area contributed by atoms with Gasteiger partial charge in [-0.3, -0.25) is 4.98 Å². The van der Waals surface area contributed by atoms with Crippen LogP contribution in [0.3, 0.4) is 0 Å². The number of fused-ring (bicyclic) bond motifs is 1. The maximum Gasteiger partial charge on any atom is 0.102 e. The maximum absolute atomic E-state index is 9.28. The van der Waals surface area contributed by atoms with E-state index in [9.17, 15) is 5.26 Å². The first-order valence-corrected chi connectivity index (χ1v) is 7.18. The Balaban J connectivity index is 2.17. The average Bonchev–Trinajstić information content (AvgIpc) is 2.48. The zero-order chi connectivity index (χ0) is 13.9. The molecule has 3 rings (SSSR count). The fraction of sp³-hybridized carbons (Fsp3) is 0. The quantitative estimate of drug-likeness (QED) is 0.674. The van der Waals surface area contributed by atoms with Crippen LogP contribution in [0, 0.1) is 11.3 Å². The fourth-order valence-electron chi connectivity index (χ4n) is 1.95. The Morgan fingerprint density at radius 1 is 1.10 bits per heavy atom. The van der Waals surface area contributed by atoms with Gasteiger partial charge in [0.2, 0.25) is 0 Å². The molecule has 2 aromatic carbocycles. The summed E-state index contributed by atoms with van der Waals surface area (Å²) in [6, 6.07) is 17.6. The zero-order valence-corrected chi connectivity index (χ0v) is 11.9. The second-order valence-corrected chi connectivity index (χ2v) is 5.71. The second kappa shape index (κ2) is 5.54. The van der Waals surface area contributed by atoms with E-state index < -0.39 is 0 Å². The van der Waals surface area contributed by atoms with E-state index in [4.69, 9.17) is 11.6 Å². The van der Waals surface area contributed by atoms with Crippen molar-refractivity contribution in [2.24, 2.45) is 0 Å². The fourth-order valence-corrected chi connectivity index (χ4v) is 3.27. The Morgan fingerprint density at radius 3 is 2.75 bits per heavy atom. The summed E-state index contributed by atoms with van der Waals surface area (Å²) in [5.41, 5.74) is 1.46. The molecule has 1 aromatic heterocycles. The van der Waals surface area contributed by atoms with Gasteiger partial charge in [-0.05, 0) is 24.3 Å². The van der Waals surface area contributed by atoms with Gasteiger partial charge in [0.15, 0.2) is 0 Å². The van der Waals surface area contributed by atoms with Crippen LogP contribution in [0.1, 0.15) is 5.56 Å². The standard InChI is InChI=1S/C16H9ClN2S/c17-12-4-3-5-13(8-12)20-16-11(9-18)10-19-15-7-2-1-6-14(15)16/h1-8,10H. The van der Waals surface area contributed by atoms with Gasteiger partial charge in [0.1, 0.15) is 6.07 Å². The minimum atomic E-state index is 0.577. The molecule has 0 aliphatic heterocycles. The Hall–Kier alpha value is -2.02. The molecule has 0 aliphatic rings. The van der Waals surface area contributed by atoms with E-state index in [2.05, 4.69) is 11.1 Å². The number of aromatic nitrogens is 1. The molecule has 0 atom stereocenters. The Kier molecular flexibility index (Phi) is 3.60. The number of benzene rings is 2. The molecule has 1 heterocycles. The molecule has 0 aliphatic carbocycles. The number of hydrogen-bond donors (Lipinski definition) is 0. The highest BCUT2D eigenvalue weighted by Gasteiger charge is 2.10. The van der Waals surface area contributed by atoms with Gasteiger partial charge >= 0.3 is 0 Å². The molecule has 0 radical (unpaired) electrons. The summed E-state index contributed by atoms with van der Waals surface area (Å²) < 4.78 is 0. The molecule has 4 heteroatoms. The minimum absolute atomic E-state index is 0.577. The SMILES string of the molecule is N#Cc1cnc2ccccc2c1Sc1cccc(Cl)c1. The summed E-state index contributed by atoms with van der Waals surface area (Å²) in [7, 11) is 0. The van der Waals surface area contributed by atoms with E-state index >= 15 is 0 Å². The van der Waals surface area contributed by atoms with Gasteiger partial charge in [0.25, 0.3) is 0 Å². The number of para-hydroxylation sites is 1. The van der Waals surface area contributed by atoms with Crippen LogP contribution < -0.4 is 0 Å². The van der Waals surface area contributed by atoms with E-state index in [0.29, 0.717) is 10.6 Å². The topological polar surface area (TPSA) is 36.7 Å². The normalized spacial score (nSPS) is 10.4. The lowest BCUT2D eigenvalue weighted by Gasteiger charge is -2.08. The summed E-state index contributed by atoms with van der Waals surface area (Å²) in [6.07, 6.45) is 1.62. The first-order valence-electron chi connectivity index (χ1n) is 5.99. The lowest BCUT2D eigenvalue weighted by atomic mass is 10.2. The van der Waals surface area contributed by atoms with Crippen LogP contribution in [0.25, 0.3) is 10.9 Å². The molecule has 2 nitrogen and oxygen atoms in total. The average molecular weight is 297 g/mol. The van der Waals surface area contributed by atoms with Gasteiger partial charge in [-0.2, -0.15) is 5.26 Å². The molecular formula is C16H9ClN2S. The third-order valence-electron chi connectivity index (χ3n) is 2.86. The highest BCUT2D eigenvalue weighted by atomic mass is 35.5. The van der Waals surface area contributed by atoms with Crippen molar-refractivity contribution in [2.75, 3.05) is 0 Å². The summed E-state index contributed by atoms with van der Waals surface area (Å²) >= 11 is 7.55. The first-order chi connectivity index (χ1) is 9.78. The lowest BCUT2D eigenvalue weighted by molar-refractivity contribution is 1.30. The van der Waals surface area contributed by atoms with Gasteiger partial charge in [-0.1, -0.05) is 47.6 Å². The number of halogens is 1. The van der Waals surface area contributed by atoms with Gasteiger partial charge in [-0.25, -0.2) is 0 Å². The van der Waals surface area contributed by atoms with E-state index in [0.717, 1.165) is 20.7 Å². The van der Waals surface area contributed by atoms with Crippen LogP contribution in [0.15, 0.2) is 64.5 Å². The Bertz CT molecular complexity index is 824. The van der Waals surface area contributed by atoms with Crippen molar-refractivity contribution < 1.29 is 0 Å². The number of pyridine rings is 1. The molecular weight excluding hydrogens is 288 g/mol. The maximum atomic E-state index is 9.28. The number of rotatable bonds is 2. The van der Waals surface area contributed by atoms with Gasteiger partial charge in [0.05, 0.1) is 11.1 Å². The smallest absolute Gasteiger partial charge is 0.102 e. The number of hydrogen-bond acceptors (Lipinski definition) is 3.